The van der Waals surface area contributed by atoms with Crippen molar-refractivity contribution in [2.24, 2.45) is 0 Å². The maximum Gasteiger partial charge on any atom is 0.416 e. The van der Waals surface area contributed by atoms with E-state index >= 15 is 0 Å². The number of carbonyl (C=O) groups is 1. The highest BCUT2D eigenvalue weighted by Gasteiger charge is 2.30. The third kappa shape index (κ3) is 6.03. The van der Waals surface area contributed by atoms with E-state index < -0.39 is 17.6 Å². The summed E-state index contributed by atoms with van der Waals surface area (Å²) in [5.74, 6) is 1.48. The minimum Gasteiger partial charge on any atom is -0.439 e. The van der Waals surface area contributed by atoms with Crippen LogP contribution in [-0.4, -0.2) is 25.7 Å². The van der Waals surface area contributed by atoms with Crippen LogP contribution in [0.15, 0.2) is 60.7 Å². The summed E-state index contributed by atoms with van der Waals surface area (Å²) in [5, 5.41) is 7.11. The van der Waals surface area contributed by atoms with E-state index in [2.05, 4.69) is 20.4 Å². The van der Waals surface area contributed by atoms with Crippen molar-refractivity contribution in [2.75, 3.05) is 5.32 Å². The van der Waals surface area contributed by atoms with Crippen molar-refractivity contribution in [1.29, 1.82) is 0 Å². The van der Waals surface area contributed by atoms with E-state index in [-0.39, 0.29) is 12.0 Å². The molecular formula is C25H22F3N5O2. The quantitative estimate of drug-likeness (QED) is 0.389. The fourth-order valence-electron chi connectivity index (χ4n) is 3.52. The van der Waals surface area contributed by atoms with Gasteiger partial charge in [-0.25, -0.2) is 9.67 Å². The lowest BCUT2D eigenvalue weighted by molar-refractivity contribution is -0.137. The molecule has 0 aliphatic heterocycles. The molecule has 0 aliphatic carbocycles. The molecule has 4 aromatic rings. The Hall–Kier alpha value is -4.21. The molecule has 1 N–H and O–H groups in total. The van der Waals surface area contributed by atoms with Crippen molar-refractivity contribution >= 4 is 11.6 Å². The summed E-state index contributed by atoms with van der Waals surface area (Å²) in [6.45, 7) is 5.58. The van der Waals surface area contributed by atoms with Crippen LogP contribution in [0.5, 0.6) is 11.6 Å². The summed E-state index contributed by atoms with van der Waals surface area (Å²) in [7, 11) is 0. The molecule has 0 saturated carbocycles. The van der Waals surface area contributed by atoms with Gasteiger partial charge in [0, 0.05) is 17.4 Å². The van der Waals surface area contributed by atoms with Gasteiger partial charge in [0.1, 0.15) is 11.6 Å². The molecule has 1 amide bonds. The van der Waals surface area contributed by atoms with Crippen molar-refractivity contribution in [3.8, 4) is 17.4 Å². The Morgan fingerprint density at radius 2 is 1.74 bits per heavy atom. The molecule has 2 aromatic heterocycles. The second-order valence-electron chi connectivity index (χ2n) is 8.00. The van der Waals surface area contributed by atoms with E-state index in [1.54, 1.807) is 41.9 Å². The largest absolute Gasteiger partial charge is 0.439 e. The molecule has 180 valence electrons. The monoisotopic (exact) mass is 481 g/mol. The molecule has 35 heavy (non-hydrogen) atoms. The number of rotatable bonds is 6. The van der Waals surface area contributed by atoms with E-state index in [1.165, 1.54) is 12.1 Å². The lowest BCUT2D eigenvalue weighted by atomic mass is 10.1. The minimum atomic E-state index is -4.46. The van der Waals surface area contributed by atoms with Crippen LogP contribution in [0.4, 0.5) is 18.9 Å². The number of anilines is 1. The molecule has 0 saturated heterocycles. The Morgan fingerprint density at radius 3 is 2.40 bits per heavy atom. The van der Waals surface area contributed by atoms with Gasteiger partial charge in [0.2, 0.25) is 11.8 Å². The number of carbonyl (C=O) groups excluding carboxylic acids is 1. The molecule has 0 atom stereocenters. The van der Waals surface area contributed by atoms with Crippen molar-refractivity contribution in [3.63, 3.8) is 0 Å². The molecule has 0 radical (unpaired) electrons. The molecule has 7 nitrogen and oxygen atoms in total. The Kier molecular flexibility index (Phi) is 6.54. The lowest BCUT2D eigenvalue weighted by Gasteiger charge is -2.11. The number of hydrogen-bond acceptors (Lipinski definition) is 5. The molecule has 2 heterocycles. The van der Waals surface area contributed by atoms with Crippen LogP contribution in [0.2, 0.25) is 0 Å². The maximum absolute atomic E-state index is 12.9. The molecule has 2 aromatic carbocycles. The lowest BCUT2D eigenvalue weighted by Crippen LogP contribution is -2.15. The zero-order chi connectivity index (χ0) is 25.2. The van der Waals surface area contributed by atoms with E-state index in [4.69, 9.17) is 4.74 Å². The van der Waals surface area contributed by atoms with Gasteiger partial charge in [-0.15, -0.1) is 0 Å². The Bertz CT molecular complexity index is 1360. The van der Waals surface area contributed by atoms with E-state index in [1.807, 2.05) is 19.9 Å². The van der Waals surface area contributed by atoms with Crippen LogP contribution < -0.4 is 10.1 Å². The second kappa shape index (κ2) is 9.57. The second-order valence-corrected chi connectivity index (χ2v) is 8.00. The van der Waals surface area contributed by atoms with Gasteiger partial charge in [-0.3, -0.25) is 4.79 Å². The highest BCUT2D eigenvalue weighted by molar-refractivity contribution is 5.92. The zero-order valence-electron chi connectivity index (χ0n) is 19.2. The molecule has 0 bridgehead atoms. The summed E-state index contributed by atoms with van der Waals surface area (Å²) < 4.78 is 46.2. The molecule has 0 aliphatic rings. The smallest absolute Gasteiger partial charge is 0.416 e. The topological polar surface area (TPSA) is 81.9 Å². The summed E-state index contributed by atoms with van der Waals surface area (Å²) in [5.41, 5.74) is 1.76. The highest BCUT2D eigenvalue weighted by Crippen LogP contribution is 2.30. The average Bonchev–Trinajstić information content (AvgIpc) is 3.12. The van der Waals surface area contributed by atoms with Gasteiger partial charge in [-0.2, -0.15) is 23.3 Å². The molecule has 0 fully saturated rings. The van der Waals surface area contributed by atoms with Crippen LogP contribution in [0, 0.1) is 20.8 Å². The Labute approximate surface area is 199 Å². The number of hydrogen-bond donors (Lipinski definition) is 1. The SMILES string of the molecule is Cc1cc(C)n(-c2cc(Oc3ccc(NC(=O)Cc4cccc(C(F)(F)F)c4)cc3)nc(C)n2)n1. The number of alkyl halides is 3. The van der Waals surface area contributed by atoms with Crippen LogP contribution in [0.25, 0.3) is 5.82 Å². The van der Waals surface area contributed by atoms with Crippen LogP contribution >= 0.6 is 0 Å². The molecule has 4 rings (SSSR count). The first-order chi connectivity index (χ1) is 16.6. The number of benzene rings is 2. The van der Waals surface area contributed by atoms with Gasteiger partial charge in [-0.1, -0.05) is 18.2 Å². The summed E-state index contributed by atoms with van der Waals surface area (Å²) in [6.07, 6.45) is -4.64. The van der Waals surface area contributed by atoms with Gasteiger partial charge in [0.15, 0.2) is 5.82 Å². The summed E-state index contributed by atoms with van der Waals surface area (Å²) >= 11 is 0. The third-order valence-electron chi connectivity index (χ3n) is 5.01. The average molecular weight is 481 g/mol. The van der Waals surface area contributed by atoms with Crippen LogP contribution in [0.3, 0.4) is 0 Å². The molecule has 0 unspecified atom stereocenters. The Balaban J connectivity index is 1.42. The van der Waals surface area contributed by atoms with Gasteiger partial charge in [0.05, 0.1) is 17.7 Å². The first kappa shape index (κ1) is 23.9. The van der Waals surface area contributed by atoms with Gasteiger partial charge in [-0.05, 0) is 62.7 Å². The number of nitrogens with zero attached hydrogens (tertiary/aromatic N) is 4. The van der Waals surface area contributed by atoms with Crippen molar-refractivity contribution < 1.29 is 22.7 Å². The molecule has 10 heteroatoms. The highest BCUT2D eigenvalue weighted by atomic mass is 19.4. The molecule has 0 spiro atoms. The Morgan fingerprint density at radius 1 is 1.00 bits per heavy atom. The van der Waals surface area contributed by atoms with Gasteiger partial charge < -0.3 is 10.1 Å². The zero-order valence-corrected chi connectivity index (χ0v) is 19.2. The van der Waals surface area contributed by atoms with Crippen molar-refractivity contribution in [2.45, 2.75) is 33.4 Å². The predicted octanol–water partition coefficient (Wildman–Crippen LogP) is 5.58. The van der Waals surface area contributed by atoms with Gasteiger partial charge in [0.25, 0.3) is 0 Å². The normalized spacial score (nSPS) is 11.4. The standard InChI is InChI=1S/C25H22F3N5O2/c1-15-11-16(2)33(32-15)22-14-24(30-17(3)29-22)35-21-9-7-20(8-10-21)31-23(34)13-18-5-4-6-19(12-18)25(26,27)28/h4-12,14H,13H2,1-3H3,(H,31,34). The number of halogens is 3. The minimum absolute atomic E-state index is 0.183. The maximum atomic E-state index is 12.9. The van der Waals surface area contributed by atoms with E-state index in [0.29, 0.717) is 29.0 Å². The first-order valence-electron chi connectivity index (χ1n) is 10.7. The summed E-state index contributed by atoms with van der Waals surface area (Å²) in [6, 6.07) is 14.9. The number of aryl methyl sites for hydroxylation is 3. The molecular weight excluding hydrogens is 459 g/mol. The number of nitrogens with one attached hydrogen (secondary N) is 1. The van der Waals surface area contributed by atoms with Crippen LogP contribution in [0.1, 0.15) is 28.3 Å². The third-order valence-corrected chi connectivity index (χ3v) is 5.01. The number of aromatic nitrogens is 4. The van der Waals surface area contributed by atoms with Crippen LogP contribution in [-0.2, 0) is 17.4 Å². The summed E-state index contributed by atoms with van der Waals surface area (Å²) in [4.78, 5) is 21.0. The fraction of sp³-hybridized carbons (Fsp3) is 0.200. The first-order valence-corrected chi connectivity index (χ1v) is 10.7. The van der Waals surface area contributed by atoms with Crippen molar-refractivity contribution in [3.05, 3.63) is 89.0 Å². The van der Waals surface area contributed by atoms with E-state index in [9.17, 15) is 18.0 Å². The van der Waals surface area contributed by atoms with Gasteiger partial charge >= 0.3 is 6.18 Å². The van der Waals surface area contributed by atoms with Crippen molar-refractivity contribution in [1.82, 2.24) is 19.7 Å². The fourth-order valence-corrected chi connectivity index (χ4v) is 3.52. The number of ether oxygens (including phenoxy) is 1. The van der Waals surface area contributed by atoms with E-state index in [0.717, 1.165) is 23.5 Å². The number of amides is 1. The predicted molar refractivity (Wildman–Crippen MR) is 124 cm³/mol.